The largest absolute Gasteiger partial charge is 0.208 e. The van der Waals surface area contributed by atoms with E-state index >= 15 is 0 Å². The third-order valence-corrected chi connectivity index (χ3v) is 11.4. The Labute approximate surface area is 320 Å². The van der Waals surface area contributed by atoms with Gasteiger partial charge in [0.15, 0.2) is 17.5 Å². The van der Waals surface area contributed by atoms with E-state index in [0.29, 0.717) is 17.5 Å². The maximum Gasteiger partial charge on any atom is 0.164 e. The molecule has 1 aromatic heterocycles. The summed E-state index contributed by atoms with van der Waals surface area (Å²) in [5, 5.41) is 0. The van der Waals surface area contributed by atoms with Crippen molar-refractivity contribution < 1.29 is 0 Å². The van der Waals surface area contributed by atoms with Crippen LogP contribution in [-0.4, -0.2) is 15.0 Å². The summed E-state index contributed by atoms with van der Waals surface area (Å²) in [5.41, 5.74) is 17.5. The molecule has 0 unspecified atom stereocenters. The number of aromatic nitrogens is 3. The van der Waals surface area contributed by atoms with Crippen LogP contribution in [0.5, 0.6) is 0 Å². The van der Waals surface area contributed by atoms with Gasteiger partial charge in [0.2, 0.25) is 0 Å². The number of rotatable bonds is 5. The molecule has 0 fully saturated rings. The Hall–Kier alpha value is -7.23. The lowest BCUT2D eigenvalue weighted by Gasteiger charge is -2.32. The molecule has 2 aliphatic carbocycles. The van der Waals surface area contributed by atoms with Crippen molar-refractivity contribution >= 4 is 0 Å². The summed E-state index contributed by atoms with van der Waals surface area (Å²) in [6.45, 7) is 0. The van der Waals surface area contributed by atoms with Crippen molar-refractivity contribution in [3.8, 4) is 78.7 Å². The zero-order valence-electron chi connectivity index (χ0n) is 29.9. The van der Waals surface area contributed by atoms with E-state index in [1.165, 1.54) is 55.6 Å². The minimum absolute atomic E-state index is 0.446. The Bertz CT molecular complexity index is 2850. The summed E-state index contributed by atoms with van der Waals surface area (Å²) in [5.74, 6) is 1.93. The predicted octanol–water partition coefficient (Wildman–Crippen LogP) is 12.6. The average Bonchev–Trinajstić information content (AvgIpc) is 3.74. The summed E-state index contributed by atoms with van der Waals surface area (Å²) in [6.07, 6.45) is 0. The molecule has 0 saturated carbocycles. The molecule has 256 valence electrons. The van der Waals surface area contributed by atoms with E-state index in [0.717, 1.165) is 27.8 Å². The van der Waals surface area contributed by atoms with Gasteiger partial charge in [-0.25, -0.2) is 15.0 Å². The van der Waals surface area contributed by atoms with Gasteiger partial charge in [-0.2, -0.15) is 0 Å². The Balaban J connectivity index is 1.09. The molecule has 3 nitrogen and oxygen atoms in total. The fraction of sp³-hybridized carbons (Fsp3) is 0.0192. The Kier molecular flexibility index (Phi) is 7.08. The van der Waals surface area contributed by atoms with Gasteiger partial charge in [-0.05, 0) is 72.8 Å². The maximum atomic E-state index is 5.15. The van der Waals surface area contributed by atoms with Crippen LogP contribution >= 0.6 is 0 Å². The molecule has 0 radical (unpaired) electrons. The van der Waals surface area contributed by atoms with E-state index in [9.17, 15) is 0 Å². The molecule has 0 N–H and O–H groups in total. The first kappa shape index (κ1) is 31.3. The maximum absolute atomic E-state index is 5.15. The van der Waals surface area contributed by atoms with Gasteiger partial charge in [-0.3, -0.25) is 0 Å². The Morgan fingerprint density at radius 2 is 0.618 bits per heavy atom. The highest BCUT2D eigenvalue weighted by atomic mass is 15.0. The van der Waals surface area contributed by atoms with Crippen LogP contribution < -0.4 is 0 Å². The third kappa shape index (κ3) is 4.80. The minimum Gasteiger partial charge on any atom is -0.208 e. The number of hydrogen-bond donors (Lipinski definition) is 0. The Morgan fingerprint density at radius 1 is 0.255 bits per heavy atom. The van der Waals surface area contributed by atoms with Crippen LogP contribution in [0.1, 0.15) is 22.3 Å². The first-order valence-electron chi connectivity index (χ1n) is 18.8. The van der Waals surface area contributed by atoms with Crippen LogP contribution in [0.25, 0.3) is 78.7 Å². The molecule has 0 atom stereocenters. The fourth-order valence-electron chi connectivity index (χ4n) is 9.01. The number of nitrogens with zero attached hydrogens (tertiary/aromatic N) is 3. The smallest absolute Gasteiger partial charge is 0.164 e. The van der Waals surface area contributed by atoms with Gasteiger partial charge in [0, 0.05) is 16.7 Å². The summed E-state index contributed by atoms with van der Waals surface area (Å²) in [7, 11) is 0. The number of fused-ring (bicyclic) bond motifs is 10. The predicted molar refractivity (Wildman–Crippen MR) is 223 cm³/mol. The zero-order valence-corrected chi connectivity index (χ0v) is 29.9. The topological polar surface area (TPSA) is 38.7 Å². The van der Waals surface area contributed by atoms with Crippen LogP contribution in [0.4, 0.5) is 0 Å². The zero-order chi connectivity index (χ0) is 36.3. The van der Waals surface area contributed by atoms with Gasteiger partial charge in [-0.1, -0.05) is 194 Å². The van der Waals surface area contributed by atoms with Crippen molar-refractivity contribution in [3.63, 3.8) is 0 Å². The molecule has 3 heteroatoms. The van der Waals surface area contributed by atoms with Crippen molar-refractivity contribution in [2.24, 2.45) is 0 Å². The third-order valence-electron chi connectivity index (χ3n) is 11.4. The fourth-order valence-corrected chi connectivity index (χ4v) is 9.01. The molecule has 0 aliphatic heterocycles. The first-order valence-corrected chi connectivity index (χ1v) is 18.8. The van der Waals surface area contributed by atoms with Crippen molar-refractivity contribution in [2.45, 2.75) is 5.41 Å². The molecule has 0 saturated heterocycles. The van der Waals surface area contributed by atoms with Gasteiger partial charge in [0.1, 0.15) is 0 Å². The van der Waals surface area contributed by atoms with Crippen LogP contribution in [0, 0.1) is 0 Å². The van der Waals surface area contributed by atoms with Crippen molar-refractivity contribution in [3.05, 3.63) is 222 Å². The SMILES string of the molecule is c1ccc(-c2ccc(-c3nc(-c4ccccc4)nc(-c4cccc(-c5cccc6c5C5(c7ccccc7-c7ccccc75)c5ccccc5-6)c4)n3)cc2)cc1. The van der Waals surface area contributed by atoms with E-state index in [2.05, 4.69) is 176 Å². The molecule has 1 spiro atoms. The van der Waals surface area contributed by atoms with Gasteiger partial charge >= 0.3 is 0 Å². The van der Waals surface area contributed by atoms with Crippen molar-refractivity contribution in [1.29, 1.82) is 0 Å². The number of hydrogen-bond acceptors (Lipinski definition) is 3. The lowest BCUT2D eigenvalue weighted by Crippen LogP contribution is -2.26. The van der Waals surface area contributed by atoms with E-state index < -0.39 is 5.41 Å². The molecular weight excluding hydrogens is 667 g/mol. The van der Waals surface area contributed by atoms with Gasteiger partial charge in [-0.15, -0.1) is 0 Å². The second-order valence-electron chi connectivity index (χ2n) is 14.3. The van der Waals surface area contributed by atoms with Crippen LogP contribution in [0.3, 0.4) is 0 Å². The molecule has 55 heavy (non-hydrogen) atoms. The normalized spacial score (nSPS) is 12.9. The highest BCUT2D eigenvalue weighted by molar-refractivity contribution is 5.98. The molecule has 2 aliphatic rings. The first-order chi connectivity index (χ1) is 27.3. The quantitative estimate of drug-likeness (QED) is 0.179. The monoisotopic (exact) mass is 699 g/mol. The number of benzene rings is 8. The molecule has 9 aromatic rings. The summed E-state index contributed by atoms with van der Waals surface area (Å²) in [4.78, 5) is 15.3. The average molecular weight is 700 g/mol. The van der Waals surface area contributed by atoms with Crippen LogP contribution in [-0.2, 0) is 5.41 Å². The lowest BCUT2D eigenvalue weighted by atomic mass is 9.68. The highest BCUT2D eigenvalue weighted by Gasteiger charge is 2.52. The lowest BCUT2D eigenvalue weighted by molar-refractivity contribution is 0.796. The molecule has 0 amide bonds. The summed E-state index contributed by atoms with van der Waals surface area (Å²) in [6, 6.07) is 71.5. The van der Waals surface area contributed by atoms with Gasteiger partial charge in [0.05, 0.1) is 5.41 Å². The van der Waals surface area contributed by atoms with Crippen molar-refractivity contribution in [2.75, 3.05) is 0 Å². The summed E-state index contributed by atoms with van der Waals surface area (Å²) >= 11 is 0. The minimum atomic E-state index is -0.446. The molecule has 11 rings (SSSR count). The molecule has 0 bridgehead atoms. The van der Waals surface area contributed by atoms with E-state index in [1.54, 1.807) is 0 Å². The Morgan fingerprint density at radius 3 is 1.22 bits per heavy atom. The van der Waals surface area contributed by atoms with Crippen LogP contribution in [0.15, 0.2) is 200 Å². The molecule has 1 heterocycles. The standard InChI is InChI=1S/C52H33N3/c1-3-15-34(16-4-1)35-29-31-37(32-30-35)50-53-49(36-17-5-2-6-18-36)54-51(55-50)39-20-13-19-38(33-39)40-24-14-25-44-43-23-9-12-28-47(43)52(48(40)44)45-26-10-7-21-41(45)42-22-8-11-27-46(42)52/h1-33H. The summed E-state index contributed by atoms with van der Waals surface area (Å²) < 4.78 is 0. The van der Waals surface area contributed by atoms with Crippen molar-refractivity contribution in [1.82, 2.24) is 15.0 Å². The second kappa shape index (κ2) is 12.4. The van der Waals surface area contributed by atoms with E-state index in [1.807, 2.05) is 24.3 Å². The van der Waals surface area contributed by atoms with E-state index in [4.69, 9.17) is 15.0 Å². The highest BCUT2D eigenvalue weighted by Crippen LogP contribution is 2.64. The molecular formula is C52H33N3. The van der Waals surface area contributed by atoms with Crippen LogP contribution in [0.2, 0.25) is 0 Å². The molecule has 8 aromatic carbocycles. The second-order valence-corrected chi connectivity index (χ2v) is 14.3. The van der Waals surface area contributed by atoms with Gasteiger partial charge < -0.3 is 0 Å². The van der Waals surface area contributed by atoms with Gasteiger partial charge in [0.25, 0.3) is 0 Å². The van der Waals surface area contributed by atoms with E-state index in [-0.39, 0.29) is 0 Å².